The van der Waals surface area contributed by atoms with Crippen LogP contribution in [0.3, 0.4) is 0 Å². The summed E-state index contributed by atoms with van der Waals surface area (Å²) in [6.07, 6.45) is 2.63. The third kappa shape index (κ3) is 5.90. The number of carbonyl (C=O) groups is 1. The molecule has 1 aromatic carbocycles. The van der Waals surface area contributed by atoms with E-state index in [4.69, 9.17) is 4.74 Å². The highest BCUT2D eigenvalue weighted by Crippen LogP contribution is 2.14. The van der Waals surface area contributed by atoms with E-state index in [-0.39, 0.29) is 12.0 Å². The fourth-order valence-electron chi connectivity index (χ4n) is 2.13. The number of rotatable bonds is 8. The molecule has 3 nitrogen and oxygen atoms in total. The number of hydrogen-bond donors (Lipinski definition) is 1. The van der Waals surface area contributed by atoms with Gasteiger partial charge in [0.2, 0.25) is 5.91 Å². The van der Waals surface area contributed by atoms with Crippen molar-refractivity contribution in [1.29, 1.82) is 0 Å². The Morgan fingerprint density at radius 2 is 2.00 bits per heavy atom. The molecule has 0 fully saturated rings. The summed E-state index contributed by atoms with van der Waals surface area (Å²) in [4.78, 5) is 13.2. The minimum absolute atomic E-state index is 0.110. The second-order valence-corrected chi connectivity index (χ2v) is 6.55. The van der Waals surface area contributed by atoms with E-state index < -0.39 is 0 Å². The number of nitrogens with one attached hydrogen (secondary N) is 1. The molecular formula is C18H23NO2S. The number of amides is 1. The lowest BCUT2D eigenvalue weighted by Crippen LogP contribution is -2.22. The number of benzene rings is 1. The summed E-state index contributed by atoms with van der Waals surface area (Å²) >= 11 is 1.75. The average molecular weight is 317 g/mol. The Kier molecular flexibility index (Phi) is 6.46. The molecule has 0 aliphatic heterocycles. The summed E-state index contributed by atoms with van der Waals surface area (Å²) in [5.41, 5.74) is 1.09. The fraction of sp³-hybridized carbons (Fsp3) is 0.389. The Morgan fingerprint density at radius 1 is 1.23 bits per heavy atom. The van der Waals surface area contributed by atoms with Crippen LogP contribution in [0.15, 0.2) is 41.8 Å². The van der Waals surface area contributed by atoms with E-state index >= 15 is 0 Å². The molecule has 0 radical (unpaired) electrons. The largest absolute Gasteiger partial charge is 0.491 e. The molecule has 1 N–H and O–H groups in total. The lowest BCUT2D eigenvalue weighted by atomic mass is 10.2. The molecule has 1 aromatic heterocycles. The van der Waals surface area contributed by atoms with E-state index in [1.807, 2.05) is 44.2 Å². The van der Waals surface area contributed by atoms with Crippen molar-refractivity contribution in [2.75, 3.05) is 0 Å². The van der Waals surface area contributed by atoms with E-state index in [2.05, 4.69) is 16.8 Å². The Hall–Kier alpha value is -1.81. The monoisotopic (exact) mass is 317 g/mol. The highest BCUT2D eigenvalue weighted by Gasteiger charge is 2.03. The Morgan fingerprint density at radius 3 is 2.64 bits per heavy atom. The van der Waals surface area contributed by atoms with Crippen LogP contribution in [-0.2, 0) is 17.8 Å². The minimum Gasteiger partial charge on any atom is -0.491 e. The summed E-state index contributed by atoms with van der Waals surface area (Å²) in [6, 6.07) is 12.0. The number of thiophene rings is 1. The van der Waals surface area contributed by atoms with Crippen molar-refractivity contribution in [3.63, 3.8) is 0 Å². The second kappa shape index (κ2) is 8.59. The Labute approximate surface area is 136 Å². The van der Waals surface area contributed by atoms with Gasteiger partial charge in [0.1, 0.15) is 5.75 Å². The highest BCUT2D eigenvalue weighted by atomic mass is 32.1. The normalized spacial score (nSPS) is 10.7. The molecule has 0 spiro atoms. The zero-order chi connectivity index (χ0) is 15.8. The van der Waals surface area contributed by atoms with Gasteiger partial charge < -0.3 is 10.1 Å². The van der Waals surface area contributed by atoms with Crippen molar-refractivity contribution in [3.8, 4) is 5.75 Å². The number of aryl methyl sites for hydroxylation is 1. The van der Waals surface area contributed by atoms with E-state index in [1.165, 1.54) is 4.88 Å². The van der Waals surface area contributed by atoms with Crippen LogP contribution in [-0.4, -0.2) is 12.0 Å². The van der Waals surface area contributed by atoms with Crippen LogP contribution in [0.5, 0.6) is 5.75 Å². The van der Waals surface area contributed by atoms with Gasteiger partial charge in [0.05, 0.1) is 6.10 Å². The molecule has 0 saturated carbocycles. The maximum Gasteiger partial charge on any atom is 0.220 e. The van der Waals surface area contributed by atoms with Crippen LogP contribution in [0.1, 0.15) is 37.1 Å². The molecule has 0 aliphatic carbocycles. The summed E-state index contributed by atoms with van der Waals surface area (Å²) in [6.45, 7) is 4.58. The topological polar surface area (TPSA) is 38.3 Å². The molecule has 2 rings (SSSR count). The van der Waals surface area contributed by atoms with Gasteiger partial charge in [-0.15, -0.1) is 11.3 Å². The van der Waals surface area contributed by atoms with Crippen molar-refractivity contribution < 1.29 is 9.53 Å². The summed E-state index contributed by atoms with van der Waals surface area (Å²) < 4.78 is 5.60. The number of hydrogen-bond acceptors (Lipinski definition) is 3. The van der Waals surface area contributed by atoms with Crippen molar-refractivity contribution in [2.45, 2.75) is 45.8 Å². The van der Waals surface area contributed by atoms with Crippen LogP contribution in [0.2, 0.25) is 0 Å². The van der Waals surface area contributed by atoms with E-state index in [9.17, 15) is 4.79 Å². The van der Waals surface area contributed by atoms with Crippen molar-refractivity contribution in [1.82, 2.24) is 5.32 Å². The SMILES string of the molecule is CC(C)Oc1ccc(CNC(=O)CCCc2cccs2)cc1. The Balaban J connectivity index is 1.67. The molecule has 22 heavy (non-hydrogen) atoms. The lowest BCUT2D eigenvalue weighted by molar-refractivity contribution is -0.121. The summed E-state index contributed by atoms with van der Waals surface area (Å²) in [5.74, 6) is 0.972. The van der Waals surface area contributed by atoms with Crippen LogP contribution >= 0.6 is 11.3 Å². The van der Waals surface area contributed by atoms with Gasteiger partial charge in [0, 0.05) is 17.8 Å². The fourth-order valence-corrected chi connectivity index (χ4v) is 2.88. The molecule has 4 heteroatoms. The third-order valence-corrected chi connectivity index (χ3v) is 4.13. The highest BCUT2D eigenvalue weighted by molar-refractivity contribution is 7.09. The maximum absolute atomic E-state index is 11.8. The molecule has 1 heterocycles. The molecule has 0 aliphatic rings. The zero-order valence-electron chi connectivity index (χ0n) is 13.2. The molecule has 1 amide bonds. The molecule has 2 aromatic rings. The molecule has 118 valence electrons. The first-order valence-electron chi connectivity index (χ1n) is 7.68. The first-order valence-corrected chi connectivity index (χ1v) is 8.56. The summed E-state index contributed by atoms with van der Waals surface area (Å²) in [5, 5.41) is 5.03. The van der Waals surface area contributed by atoms with E-state index in [0.29, 0.717) is 13.0 Å². The second-order valence-electron chi connectivity index (χ2n) is 5.52. The standard InChI is InChI=1S/C18H23NO2S/c1-14(2)21-16-10-8-15(9-11-16)13-19-18(20)7-3-5-17-6-4-12-22-17/h4,6,8-12,14H,3,5,7,13H2,1-2H3,(H,19,20). The smallest absolute Gasteiger partial charge is 0.220 e. The molecule has 0 bridgehead atoms. The predicted molar refractivity (Wildman–Crippen MR) is 91.3 cm³/mol. The van der Waals surface area contributed by atoms with Gasteiger partial charge in [0.15, 0.2) is 0 Å². The van der Waals surface area contributed by atoms with Gasteiger partial charge in [-0.1, -0.05) is 18.2 Å². The lowest BCUT2D eigenvalue weighted by Gasteiger charge is -2.10. The summed E-state index contributed by atoms with van der Waals surface area (Å²) in [7, 11) is 0. The molecule has 0 atom stereocenters. The molecular weight excluding hydrogens is 294 g/mol. The van der Waals surface area contributed by atoms with E-state index in [1.54, 1.807) is 11.3 Å². The first kappa shape index (κ1) is 16.6. The van der Waals surface area contributed by atoms with Crippen LogP contribution < -0.4 is 10.1 Å². The molecule has 0 unspecified atom stereocenters. The third-order valence-electron chi connectivity index (χ3n) is 3.19. The quantitative estimate of drug-likeness (QED) is 0.793. The van der Waals surface area contributed by atoms with Gasteiger partial charge in [-0.2, -0.15) is 0 Å². The maximum atomic E-state index is 11.8. The van der Waals surface area contributed by atoms with Gasteiger partial charge in [0.25, 0.3) is 0 Å². The van der Waals surface area contributed by atoms with Gasteiger partial charge >= 0.3 is 0 Å². The van der Waals surface area contributed by atoms with Crippen molar-refractivity contribution in [3.05, 3.63) is 52.2 Å². The van der Waals surface area contributed by atoms with Gasteiger partial charge in [-0.25, -0.2) is 0 Å². The number of ether oxygens (including phenoxy) is 1. The molecule has 0 saturated heterocycles. The zero-order valence-corrected chi connectivity index (χ0v) is 14.0. The number of carbonyl (C=O) groups excluding carboxylic acids is 1. The van der Waals surface area contributed by atoms with Crippen molar-refractivity contribution in [2.24, 2.45) is 0 Å². The minimum atomic E-state index is 0.110. The first-order chi connectivity index (χ1) is 10.6. The predicted octanol–water partition coefficient (Wildman–Crippen LogP) is 4.17. The van der Waals surface area contributed by atoms with Crippen LogP contribution in [0.25, 0.3) is 0 Å². The van der Waals surface area contributed by atoms with Crippen molar-refractivity contribution >= 4 is 17.2 Å². The van der Waals surface area contributed by atoms with Crippen LogP contribution in [0, 0.1) is 0 Å². The van der Waals surface area contributed by atoms with E-state index in [0.717, 1.165) is 24.2 Å². The van der Waals surface area contributed by atoms with Gasteiger partial charge in [-0.05, 0) is 55.8 Å². The average Bonchev–Trinajstić information content (AvgIpc) is 2.99. The Bertz CT molecular complexity index is 561. The van der Waals surface area contributed by atoms with Crippen LogP contribution in [0.4, 0.5) is 0 Å². The van der Waals surface area contributed by atoms with Gasteiger partial charge in [-0.3, -0.25) is 4.79 Å².